The first-order valence-corrected chi connectivity index (χ1v) is 17.2. The molecule has 6 aromatic carbocycles. The molecule has 0 fully saturated rings. The van der Waals surface area contributed by atoms with Crippen molar-refractivity contribution in [3.05, 3.63) is 164 Å². The van der Waals surface area contributed by atoms with Crippen molar-refractivity contribution in [3.63, 3.8) is 0 Å². The molecule has 1 aliphatic heterocycles. The van der Waals surface area contributed by atoms with Crippen molar-refractivity contribution in [2.45, 2.75) is 0 Å². The van der Waals surface area contributed by atoms with Gasteiger partial charge >= 0.3 is 0 Å². The fourth-order valence-corrected chi connectivity index (χ4v) is 12.3. The molecule has 0 amide bonds. The molecule has 8 rings (SSSR count). The first-order chi connectivity index (χ1) is 21.3. The minimum Gasteiger partial charge on any atom is -0.311 e. The molecule has 5 heteroatoms. The van der Waals surface area contributed by atoms with Crippen molar-refractivity contribution >= 4 is 57.4 Å². The zero-order chi connectivity index (χ0) is 28.6. The van der Waals surface area contributed by atoms with Gasteiger partial charge in [-0.05, 0) is 68.7 Å². The summed E-state index contributed by atoms with van der Waals surface area (Å²) in [5.41, 5.74) is 5.68. The normalized spacial score (nSPS) is 13.3. The second kappa shape index (κ2) is 10.6. The predicted octanol–water partition coefficient (Wildman–Crippen LogP) is 7.03. The number of para-hydroxylation sites is 2. The third-order valence-corrected chi connectivity index (χ3v) is 14.0. The molecule has 1 aromatic heterocycles. The Morgan fingerprint density at radius 1 is 0.465 bits per heavy atom. The Kier molecular flexibility index (Phi) is 6.32. The van der Waals surface area contributed by atoms with Gasteiger partial charge in [0.05, 0.1) is 0 Å². The molecule has 1 aliphatic rings. The molecule has 0 atom stereocenters. The molecule has 0 spiro atoms. The lowest BCUT2D eigenvalue weighted by molar-refractivity contribution is 1.28. The Bertz CT molecular complexity index is 1930. The lowest BCUT2D eigenvalue weighted by atomic mass is 10.1. The van der Waals surface area contributed by atoms with Gasteiger partial charge in [-0.1, -0.05) is 127 Å². The van der Waals surface area contributed by atoms with Crippen LogP contribution in [0.3, 0.4) is 0 Å². The molecule has 0 saturated carbocycles. The first kappa shape index (κ1) is 25.6. The first-order valence-electron chi connectivity index (χ1n) is 14.4. The SMILES string of the molecule is c1ccc(-c2nc(-c3ccc(N4c5ccccc5[Si](c5ccccc5)(c5ccccc5)c5ccccc54)cc3)ns2)cc1. The number of fused-ring (bicyclic) bond motifs is 2. The summed E-state index contributed by atoms with van der Waals surface area (Å²) in [7, 11) is -2.60. The summed E-state index contributed by atoms with van der Waals surface area (Å²) >= 11 is 1.44. The molecule has 0 bridgehead atoms. The van der Waals surface area contributed by atoms with Gasteiger partial charge in [0.1, 0.15) is 5.01 Å². The van der Waals surface area contributed by atoms with E-state index in [4.69, 9.17) is 4.98 Å². The van der Waals surface area contributed by atoms with Gasteiger partial charge in [-0.3, -0.25) is 0 Å². The van der Waals surface area contributed by atoms with Crippen molar-refractivity contribution in [3.8, 4) is 22.0 Å². The zero-order valence-electron chi connectivity index (χ0n) is 23.3. The highest BCUT2D eigenvalue weighted by Crippen LogP contribution is 2.39. The van der Waals surface area contributed by atoms with Crippen LogP contribution >= 0.6 is 11.5 Å². The van der Waals surface area contributed by atoms with E-state index >= 15 is 0 Å². The molecule has 0 aliphatic carbocycles. The van der Waals surface area contributed by atoms with Crippen LogP contribution in [-0.4, -0.2) is 17.4 Å². The van der Waals surface area contributed by atoms with Crippen LogP contribution in [0.4, 0.5) is 17.1 Å². The van der Waals surface area contributed by atoms with Crippen molar-refractivity contribution < 1.29 is 0 Å². The summed E-state index contributed by atoms with van der Waals surface area (Å²) in [5, 5.41) is 6.49. The number of rotatable bonds is 5. The highest BCUT2D eigenvalue weighted by atomic mass is 32.1. The maximum absolute atomic E-state index is 4.85. The van der Waals surface area contributed by atoms with Crippen molar-refractivity contribution in [1.82, 2.24) is 9.36 Å². The Hall–Kier alpha value is -5.10. The smallest absolute Gasteiger partial charge is 0.184 e. The highest BCUT2D eigenvalue weighted by molar-refractivity contribution is 7.21. The van der Waals surface area contributed by atoms with Crippen LogP contribution in [0, 0.1) is 0 Å². The fraction of sp³-hybridized carbons (Fsp3) is 0. The maximum Gasteiger partial charge on any atom is 0.184 e. The number of benzene rings is 6. The topological polar surface area (TPSA) is 29.0 Å². The largest absolute Gasteiger partial charge is 0.311 e. The van der Waals surface area contributed by atoms with E-state index in [9.17, 15) is 0 Å². The number of hydrogen-bond acceptors (Lipinski definition) is 4. The third-order valence-electron chi connectivity index (χ3n) is 8.34. The van der Waals surface area contributed by atoms with E-state index in [0.29, 0.717) is 0 Å². The Morgan fingerprint density at radius 2 is 0.953 bits per heavy atom. The molecule has 0 N–H and O–H groups in total. The van der Waals surface area contributed by atoms with Crippen LogP contribution in [0.25, 0.3) is 22.0 Å². The molecule has 0 unspecified atom stereocenters. The lowest BCUT2D eigenvalue weighted by Gasteiger charge is -2.45. The summed E-state index contributed by atoms with van der Waals surface area (Å²) in [6.07, 6.45) is 0. The fourth-order valence-electron chi connectivity index (χ4n) is 6.49. The van der Waals surface area contributed by atoms with Crippen LogP contribution in [-0.2, 0) is 0 Å². The molecule has 0 radical (unpaired) electrons. The van der Waals surface area contributed by atoms with Gasteiger partial charge in [-0.25, -0.2) is 4.98 Å². The van der Waals surface area contributed by atoms with E-state index in [2.05, 4.69) is 155 Å². The minimum absolute atomic E-state index is 0.759. The molecule has 3 nitrogen and oxygen atoms in total. The van der Waals surface area contributed by atoms with E-state index in [-0.39, 0.29) is 0 Å². The second-order valence-electron chi connectivity index (χ2n) is 10.7. The van der Waals surface area contributed by atoms with Gasteiger partial charge in [-0.2, -0.15) is 4.37 Å². The summed E-state index contributed by atoms with van der Waals surface area (Å²) in [4.78, 5) is 7.28. The van der Waals surface area contributed by atoms with Crippen LogP contribution in [0.1, 0.15) is 0 Å². The van der Waals surface area contributed by atoms with E-state index in [1.165, 1.54) is 43.7 Å². The van der Waals surface area contributed by atoms with E-state index in [1.54, 1.807) is 0 Å². The van der Waals surface area contributed by atoms with Gasteiger partial charge in [0.25, 0.3) is 0 Å². The van der Waals surface area contributed by atoms with E-state index in [1.807, 2.05) is 18.2 Å². The van der Waals surface area contributed by atoms with Gasteiger partial charge in [-0.15, -0.1) is 0 Å². The van der Waals surface area contributed by atoms with Crippen LogP contribution < -0.4 is 25.6 Å². The average molecular weight is 586 g/mol. The Balaban J connectivity index is 1.29. The van der Waals surface area contributed by atoms with Crippen molar-refractivity contribution in [2.75, 3.05) is 4.90 Å². The van der Waals surface area contributed by atoms with E-state index in [0.717, 1.165) is 27.6 Å². The van der Waals surface area contributed by atoms with Crippen molar-refractivity contribution in [1.29, 1.82) is 0 Å². The number of aromatic nitrogens is 2. The molecule has 2 heterocycles. The second-order valence-corrected chi connectivity index (χ2v) is 15.2. The summed E-state index contributed by atoms with van der Waals surface area (Å²) in [6, 6.07) is 59.1. The summed E-state index contributed by atoms with van der Waals surface area (Å²) < 4.78 is 4.69. The quantitative estimate of drug-likeness (QED) is 0.203. The molecule has 43 heavy (non-hydrogen) atoms. The number of nitrogens with zero attached hydrogens (tertiary/aromatic N) is 3. The van der Waals surface area contributed by atoms with Crippen LogP contribution in [0.2, 0.25) is 0 Å². The Labute approximate surface area is 256 Å². The minimum atomic E-state index is -2.60. The lowest BCUT2D eigenvalue weighted by Crippen LogP contribution is -2.77. The molecule has 7 aromatic rings. The molecular formula is C38H27N3SSi. The zero-order valence-corrected chi connectivity index (χ0v) is 25.2. The van der Waals surface area contributed by atoms with Gasteiger partial charge in [0.2, 0.25) is 0 Å². The van der Waals surface area contributed by atoms with Crippen LogP contribution in [0.5, 0.6) is 0 Å². The maximum atomic E-state index is 4.85. The summed E-state index contributed by atoms with van der Waals surface area (Å²) in [6.45, 7) is 0. The van der Waals surface area contributed by atoms with Gasteiger partial charge in [0.15, 0.2) is 13.9 Å². The number of anilines is 3. The highest BCUT2D eigenvalue weighted by Gasteiger charge is 2.48. The van der Waals surface area contributed by atoms with Crippen molar-refractivity contribution in [2.24, 2.45) is 0 Å². The monoisotopic (exact) mass is 585 g/mol. The molecular weight excluding hydrogens is 559 g/mol. The average Bonchev–Trinajstić information content (AvgIpc) is 3.59. The van der Waals surface area contributed by atoms with E-state index < -0.39 is 8.07 Å². The number of hydrogen-bond donors (Lipinski definition) is 0. The third kappa shape index (κ3) is 4.16. The standard InChI is InChI=1S/C38H27N3SSi/c1-4-14-29(15-5-1)38-39-37(40-42-38)28-24-26-30(27-25-28)41-33-20-10-12-22-35(33)43(31-16-6-2-7-17-31,32-18-8-3-9-19-32)36-23-13-11-21-34(36)41/h1-27H. The van der Waals surface area contributed by atoms with Gasteiger partial charge < -0.3 is 4.90 Å². The summed E-state index contributed by atoms with van der Waals surface area (Å²) in [5.74, 6) is 0.759. The molecule has 204 valence electrons. The van der Waals surface area contributed by atoms with Crippen LogP contribution in [0.15, 0.2) is 164 Å². The molecule has 0 saturated heterocycles. The Morgan fingerprint density at radius 3 is 1.51 bits per heavy atom. The van der Waals surface area contributed by atoms with Gasteiger partial charge in [0, 0.05) is 28.2 Å². The predicted molar refractivity (Wildman–Crippen MR) is 183 cm³/mol.